The van der Waals surface area contributed by atoms with Crippen LogP contribution in [0.1, 0.15) is 42.9 Å². The number of aryl methyl sites for hydroxylation is 1. The standard InChI is InChI=1S/C13H21N3O.C7H6N2OS/c1-4-8-16(9-5-2)12-7-6-11(10-15-12)13(17)14-3;1-4-8-5-2-3-11-6(5)7(10)9-4/h6-7,10H,4-5,8-9H2,1-3H3,(H,14,17);2-3H,1H3,(H,8,9,10). The second-order valence-electron chi connectivity index (χ2n) is 6.26. The fraction of sp³-hybridized carbons (Fsp3) is 0.400. The van der Waals surface area contributed by atoms with E-state index in [2.05, 4.69) is 39.0 Å². The van der Waals surface area contributed by atoms with Crippen LogP contribution in [-0.2, 0) is 0 Å². The molecule has 3 rings (SSSR count). The van der Waals surface area contributed by atoms with E-state index in [1.54, 1.807) is 20.2 Å². The number of aromatic nitrogens is 3. The van der Waals surface area contributed by atoms with E-state index in [-0.39, 0.29) is 11.5 Å². The Morgan fingerprint density at radius 1 is 1.21 bits per heavy atom. The molecule has 0 aliphatic heterocycles. The van der Waals surface area contributed by atoms with Crippen molar-refractivity contribution in [3.05, 3.63) is 51.5 Å². The van der Waals surface area contributed by atoms with E-state index in [9.17, 15) is 9.59 Å². The number of amides is 1. The van der Waals surface area contributed by atoms with E-state index in [0.717, 1.165) is 37.3 Å². The highest BCUT2D eigenvalue weighted by Crippen LogP contribution is 2.13. The fourth-order valence-corrected chi connectivity index (χ4v) is 3.45. The summed E-state index contributed by atoms with van der Waals surface area (Å²) < 4.78 is 0.704. The van der Waals surface area contributed by atoms with Crippen molar-refractivity contribution in [2.24, 2.45) is 0 Å². The smallest absolute Gasteiger partial charge is 0.268 e. The number of H-pyrrole nitrogens is 1. The molecule has 0 aliphatic rings. The topological polar surface area (TPSA) is 91.0 Å². The SMILES string of the molecule is CCCN(CCC)c1ccc(C(=O)NC)cn1.Cc1nc2ccsc2c(=O)[nH]1. The first-order chi connectivity index (χ1) is 13.5. The summed E-state index contributed by atoms with van der Waals surface area (Å²) in [6.07, 6.45) is 3.82. The number of carbonyl (C=O) groups is 1. The van der Waals surface area contributed by atoms with Gasteiger partial charge in [0.15, 0.2) is 0 Å². The molecule has 28 heavy (non-hydrogen) atoms. The zero-order valence-electron chi connectivity index (χ0n) is 16.8. The van der Waals surface area contributed by atoms with Crippen LogP contribution in [0.2, 0.25) is 0 Å². The predicted octanol–water partition coefficient (Wildman–Crippen LogP) is 3.36. The predicted molar refractivity (Wildman–Crippen MR) is 115 cm³/mol. The monoisotopic (exact) mass is 401 g/mol. The van der Waals surface area contributed by atoms with E-state index in [1.807, 2.05) is 23.6 Å². The van der Waals surface area contributed by atoms with Crippen LogP contribution in [0, 0.1) is 6.92 Å². The lowest BCUT2D eigenvalue weighted by Crippen LogP contribution is -2.26. The number of thiophene rings is 1. The van der Waals surface area contributed by atoms with Gasteiger partial charge < -0.3 is 15.2 Å². The van der Waals surface area contributed by atoms with Gasteiger partial charge in [-0.25, -0.2) is 9.97 Å². The van der Waals surface area contributed by atoms with E-state index < -0.39 is 0 Å². The maximum absolute atomic E-state index is 11.4. The molecule has 3 aromatic rings. The number of anilines is 1. The molecule has 0 spiro atoms. The van der Waals surface area contributed by atoms with Gasteiger partial charge >= 0.3 is 0 Å². The molecule has 7 nitrogen and oxygen atoms in total. The minimum absolute atomic E-state index is 0.0394. The van der Waals surface area contributed by atoms with Crippen molar-refractivity contribution in [2.75, 3.05) is 25.0 Å². The van der Waals surface area contributed by atoms with Crippen LogP contribution >= 0.6 is 11.3 Å². The van der Waals surface area contributed by atoms with Gasteiger partial charge in [0.2, 0.25) is 0 Å². The molecule has 0 radical (unpaired) electrons. The minimum Gasteiger partial charge on any atom is -0.357 e. The van der Waals surface area contributed by atoms with Gasteiger partial charge in [-0.2, -0.15) is 0 Å². The van der Waals surface area contributed by atoms with E-state index in [1.165, 1.54) is 11.3 Å². The zero-order valence-corrected chi connectivity index (χ0v) is 17.6. The van der Waals surface area contributed by atoms with Crippen LogP contribution in [0.4, 0.5) is 5.82 Å². The molecule has 0 atom stereocenters. The van der Waals surface area contributed by atoms with Crippen molar-refractivity contribution >= 4 is 33.3 Å². The Labute approximate surface area is 168 Å². The van der Waals surface area contributed by atoms with Gasteiger partial charge in [-0.05, 0) is 43.3 Å². The van der Waals surface area contributed by atoms with Gasteiger partial charge in [-0.3, -0.25) is 9.59 Å². The Morgan fingerprint density at radius 3 is 2.50 bits per heavy atom. The quantitative estimate of drug-likeness (QED) is 0.661. The summed E-state index contributed by atoms with van der Waals surface area (Å²) in [7, 11) is 1.62. The summed E-state index contributed by atoms with van der Waals surface area (Å²) in [4.78, 5) is 35.9. The first-order valence-electron chi connectivity index (χ1n) is 9.37. The lowest BCUT2D eigenvalue weighted by atomic mass is 10.2. The largest absolute Gasteiger partial charge is 0.357 e. The summed E-state index contributed by atoms with van der Waals surface area (Å²) in [6.45, 7) is 8.09. The number of rotatable bonds is 6. The molecule has 3 aromatic heterocycles. The average Bonchev–Trinajstić information content (AvgIpc) is 3.17. The number of pyridine rings is 1. The molecule has 0 aromatic carbocycles. The van der Waals surface area contributed by atoms with Crippen LogP contribution in [-0.4, -0.2) is 41.0 Å². The van der Waals surface area contributed by atoms with Crippen LogP contribution in [0.25, 0.3) is 10.2 Å². The molecular formula is C20H27N5O2S. The maximum atomic E-state index is 11.4. The van der Waals surface area contributed by atoms with Crippen molar-refractivity contribution < 1.29 is 4.79 Å². The molecule has 3 heterocycles. The Hall–Kier alpha value is -2.74. The van der Waals surface area contributed by atoms with Crippen molar-refractivity contribution in [3.63, 3.8) is 0 Å². The molecular weight excluding hydrogens is 374 g/mol. The number of nitrogens with one attached hydrogen (secondary N) is 2. The highest BCUT2D eigenvalue weighted by Gasteiger charge is 2.08. The third kappa shape index (κ3) is 5.63. The molecule has 0 fully saturated rings. The second-order valence-corrected chi connectivity index (χ2v) is 7.17. The first kappa shape index (κ1) is 21.6. The molecule has 0 saturated heterocycles. The van der Waals surface area contributed by atoms with Crippen LogP contribution in [0.5, 0.6) is 0 Å². The summed E-state index contributed by atoms with van der Waals surface area (Å²) in [5, 5.41) is 4.46. The van der Waals surface area contributed by atoms with Crippen LogP contribution in [0.3, 0.4) is 0 Å². The van der Waals surface area contributed by atoms with Gasteiger partial charge in [0.25, 0.3) is 11.5 Å². The number of hydrogen-bond donors (Lipinski definition) is 2. The lowest BCUT2D eigenvalue weighted by Gasteiger charge is -2.22. The average molecular weight is 402 g/mol. The zero-order chi connectivity index (χ0) is 20.5. The molecule has 150 valence electrons. The fourth-order valence-electron chi connectivity index (χ4n) is 2.72. The van der Waals surface area contributed by atoms with Crippen LogP contribution in [0.15, 0.2) is 34.6 Å². The molecule has 0 aliphatic carbocycles. The van der Waals surface area contributed by atoms with Crippen molar-refractivity contribution in [3.8, 4) is 0 Å². The summed E-state index contributed by atoms with van der Waals surface area (Å²) in [5.74, 6) is 1.52. The van der Waals surface area contributed by atoms with E-state index in [0.29, 0.717) is 16.1 Å². The molecule has 0 bridgehead atoms. The number of fused-ring (bicyclic) bond motifs is 1. The Bertz CT molecular complexity index is 943. The highest BCUT2D eigenvalue weighted by molar-refractivity contribution is 7.17. The van der Waals surface area contributed by atoms with Crippen molar-refractivity contribution in [1.29, 1.82) is 0 Å². The second kappa shape index (κ2) is 10.6. The third-order valence-corrected chi connectivity index (χ3v) is 4.88. The number of nitrogens with zero attached hydrogens (tertiary/aromatic N) is 3. The summed E-state index contributed by atoms with van der Waals surface area (Å²) in [6, 6.07) is 5.58. The van der Waals surface area contributed by atoms with Gasteiger partial charge in [0, 0.05) is 26.3 Å². The molecule has 0 saturated carbocycles. The Morgan fingerprint density at radius 2 is 1.93 bits per heavy atom. The summed E-state index contributed by atoms with van der Waals surface area (Å²) in [5.41, 5.74) is 1.35. The van der Waals surface area contributed by atoms with Gasteiger partial charge in [-0.1, -0.05) is 13.8 Å². The van der Waals surface area contributed by atoms with Gasteiger partial charge in [0.05, 0.1) is 11.1 Å². The van der Waals surface area contributed by atoms with E-state index >= 15 is 0 Å². The third-order valence-electron chi connectivity index (χ3n) is 3.98. The van der Waals surface area contributed by atoms with Crippen molar-refractivity contribution in [1.82, 2.24) is 20.3 Å². The minimum atomic E-state index is -0.0958. The molecule has 2 N–H and O–H groups in total. The van der Waals surface area contributed by atoms with E-state index in [4.69, 9.17) is 0 Å². The van der Waals surface area contributed by atoms with Gasteiger partial charge in [-0.15, -0.1) is 11.3 Å². The Balaban J connectivity index is 0.000000218. The first-order valence-corrected chi connectivity index (χ1v) is 10.2. The normalized spacial score (nSPS) is 10.3. The Kier molecular flexibility index (Phi) is 8.13. The van der Waals surface area contributed by atoms with Crippen LogP contribution < -0.4 is 15.8 Å². The highest BCUT2D eigenvalue weighted by atomic mass is 32.1. The number of carbonyl (C=O) groups excluding carboxylic acids is 1. The van der Waals surface area contributed by atoms with Crippen molar-refractivity contribution in [2.45, 2.75) is 33.6 Å². The van der Waals surface area contributed by atoms with Gasteiger partial charge in [0.1, 0.15) is 16.3 Å². The lowest BCUT2D eigenvalue weighted by molar-refractivity contribution is 0.0962. The molecule has 0 unspecified atom stereocenters. The molecule has 1 amide bonds. The number of hydrogen-bond acceptors (Lipinski definition) is 6. The summed E-state index contributed by atoms with van der Waals surface area (Å²) >= 11 is 1.42. The maximum Gasteiger partial charge on any atom is 0.268 e. The molecule has 8 heteroatoms. The number of aromatic amines is 1.